The molecule has 6 aliphatic carbocycles. The normalized spacial score (nSPS) is 32.0. The van der Waals surface area contributed by atoms with Crippen molar-refractivity contribution in [2.75, 3.05) is 13.2 Å². The number of ketones is 2. The number of Topliss-reactive ketones (excluding diaryl/α,β-unsaturated/α-hetero) is 2. The lowest BCUT2D eigenvalue weighted by molar-refractivity contribution is -0.344. The van der Waals surface area contributed by atoms with E-state index in [1.807, 2.05) is 121 Å². The number of aliphatic hydroxyl groups is 3. The SMILES string of the molecule is CC(=O)O[C@H]1C(=O)[C@]2(C)[C@@H](O[Si](c3ccccc3)(c3ccccc3)C(C)(C)C)C[C@H]3OC[C@@]3(OC(C)=O)[C@H]2[C@H](OC(=O)c2ccccc2)[C@]2(O)C[C@H](O)C(C)=C1C2(C)C.CC(=O)O[C@H]1C(=O)[C@]2(C)[C@@H](O[Si](c3ccccc3)(c3ccccc3)C(C)(C)C)C[C@H]3OC[C@@]3(OC(C)=O)[C@H]2[C@H](OC(=O)c2ccccc2)[C@]2(O)C[C@H](OC(C)=O)C(C)=C1C2(C)C. The summed E-state index contributed by atoms with van der Waals surface area (Å²) in [5.41, 5.74) is -12.8. The second kappa shape index (κ2) is 32.4. The molecule has 0 aromatic heterocycles. The van der Waals surface area contributed by atoms with E-state index >= 15 is 9.59 Å². The summed E-state index contributed by atoms with van der Waals surface area (Å²) in [6, 6.07) is 56.1. The number of aliphatic hydroxyl groups excluding tert-OH is 1. The molecule has 0 unspecified atom stereocenters. The van der Waals surface area contributed by atoms with Crippen LogP contribution in [0.5, 0.6) is 0 Å². The molecule has 2 aliphatic heterocycles. The lowest BCUT2D eigenvalue weighted by atomic mass is 9.44. The van der Waals surface area contributed by atoms with Gasteiger partial charge >= 0.3 is 41.8 Å². The number of fused-ring (bicyclic) bond motifs is 10. The molecule has 6 fully saturated rings. The van der Waals surface area contributed by atoms with Crippen molar-refractivity contribution in [2.45, 2.75) is 251 Å². The minimum absolute atomic E-state index is 0.0403. The summed E-state index contributed by atoms with van der Waals surface area (Å²) in [4.78, 5) is 128. The fourth-order valence-corrected chi connectivity index (χ4v) is 31.8. The number of carbonyl (C=O) groups is 9. The third kappa shape index (κ3) is 14.4. The van der Waals surface area contributed by atoms with E-state index in [1.54, 1.807) is 116 Å². The molecule has 2 saturated heterocycles. The highest BCUT2D eigenvalue weighted by Crippen LogP contribution is 2.68. The number of hydrogen-bond acceptors (Lipinski definition) is 23. The van der Waals surface area contributed by atoms with Crippen LogP contribution in [0.2, 0.25) is 10.1 Å². The fraction of sp³-hybridized carbons (Fsp3) is 0.490. The van der Waals surface area contributed by atoms with Gasteiger partial charge in [-0.1, -0.05) is 227 Å². The first kappa shape index (κ1) is 89.3. The van der Waals surface area contributed by atoms with Crippen LogP contribution in [0.4, 0.5) is 0 Å². The first-order valence-electron chi connectivity index (χ1n) is 41.6. The number of ether oxygens (including phenoxy) is 9. The maximum atomic E-state index is 16.5. The van der Waals surface area contributed by atoms with Gasteiger partial charge in [-0.05, 0) is 105 Å². The van der Waals surface area contributed by atoms with Crippen LogP contribution in [0.1, 0.15) is 178 Å². The first-order valence-corrected chi connectivity index (χ1v) is 45.4. The van der Waals surface area contributed by atoms with E-state index in [-0.39, 0.29) is 61.2 Å². The molecular weight excluding hydrogens is 1580 g/mol. The van der Waals surface area contributed by atoms with Crippen molar-refractivity contribution in [1.82, 2.24) is 0 Å². The van der Waals surface area contributed by atoms with Crippen molar-refractivity contribution >= 4 is 90.7 Å². The Balaban J connectivity index is 0.000000209. The van der Waals surface area contributed by atoms with Crippen LogP contribution in [0.25, 0.3) is 0 Å². The van der Waals surface area contributed by atoms with Gasteiger partial charge in [0.25, 0.3) is 16.6 Å². The van der Waals surface area contributed by atoms with Crippen molar-refractivity contribution in [1.29, 1.82) is 0 Å². The van der Waals surface area contributed by atoms with Crippen molar-refractivity contribution in [2.24, 2.45) is 33.5 Å². The van der Waals surface area contributed by atoms with E-state index in [1.165, 1.54) is 34.6 Å². The van der Waals surface area contributed by atoms with Gasteiger partial charge in [0.2, 0.25) is 0 Å². The monoisotopic (exact) mass is 1690 g/mol. The molecule has 0 radical (unpaired) electrons. The Morgan fingerprint density at radius 3 is 0.992 bits per heavy atom. The number of benzene rings is 6. The molecule has 0 spiro atoms. The maximum absolute atomic E-state index is 16.5. The smallest absolute Gasteiger partial charge is 0.338 e. The Hall–Kier alpha value is -9.42. The van der Waals surface area contributed by atoms with Gasteiger partial charge in [-0.25, -0.2) is 9.59 Å². The average molecular weight is 1690 g/mol. The molecule has 23 nitrogen and oxygen atoms in total. The van der Waals surface area contributed by atoms with Gasteiger partial charge in [0.1, 0.15) is 41.7 Å². The Bertz CT molecular complexity index is 4960. The largest absolute Gasteiger partial charge is 0.458 e. The standard InChI is InChI=1S/C49H58O12Si.C47H56O11Si/c1-29-36(57-30(2)50)27-49(55)43(59-44(54)33-20-14-11-15-21-33)41-47(10,42(53)40(58-31(3)51)39(29)46(49,8)9)37(26-38-48(41,28-56-38)60-32(4)52)61-62(45(5,6)7,34-22-16-12-17-23-34)35-24-18-13-19-25-35;1-28-34(50)26-47(53)41(56-42(52)31-19-13-10-14-20-31)39-45(9,40(51)38(55-29(2)48)37(28)44(47,7)8)35(25-36-46(39,27-54-36)57-30(3)49)58-59(43(4,5)6,32-21-15-11-16-22-32)33-23-17-12-18-24-33/h11-25,36-38,40-41,43,55H,26-28H2,1-10H3;10-24,34-36,38-39,41,50,53H,25-27H2,1-9H3/t36-,37-,38+,40+,41-,43-,47+,48-,49+;34-,35-,36+,38+,39-,41-,45+,46-,47+/m00/s1. The Kier molecular flexibility index (Phi) is 23.9. The predicted octanol–water partition coefficient (Wildman–Crippen LogP) is 11.0. The van der Waals surface area contributed by atoms with E-state index in [4.69, 9.17) is 51.5 Å². The Morgan fingerprint density at radius 2 is 0.711 bits per heavy atom. The summed E-state index contributed by atoms with van der Waals surface area (Å²) in [6.07, 6.45) is -13.5. The summed E-state index contributed by atoms with van der Waals surface area (Å²) in [6.45, 7) is 31.9. The second-order valence-electron chi connectivity index (χ2n) is 37.6. The van der Waals surface area contributed by atoms with Gasteiger partial charge in [-0.15, -0.1) is 0 Å². The molecule has 6 aromatic carbocycles. The van der Waals surface area contributed by atoms with E-state index in [0.717, 1.165) is 20.7 Å². The highest BCUT2D eigenvalue weighted by molar-refractivity contribution is 7.00. The molecule has 2 heterocycles. The number of esters is 7. The molecule has 121 heavy (non-hydrogen) atoms. The van der Waals surface area contributed by atoms with Crippen LogP contribution in [0, 0.1) is 33.5 Å². The lowest BCUT2D eigenvalue weighted by Gasteiger charge is -2.68. The molecule has 6 aromatic rings. The second-order valence-corrected chi connectivity index (χ2v) is 46.1. The maximum Gasteiger partial charge on any atom is 0.338 e. The molecular formula is C96H114O23Si2. The predicted molar refractivity (Wildman–Crippen MR) is 452 cm³/mol. The Morgan fingerprint density at radius 1 is 0.413 bits per heavy atom. The van der Waals surface area contributed by atoms with Crippen LogP contribution in [0.15, 0.2) is 204 Å². The first-order chi connectivity index (χ1) is 56.7. The minimum Gasteiger partial charge on any atom is -0.458 e. The molecule has 4 saturated carbocycles. The average Bonchev–Trinajstić information content (AvgIpc) is 0.668. The highest BCUT2D eigenvalue weighted by Gasteiger charge is 2.82. The summed E-state index contributed by atoms with van der Waals surface area (Å²) in [5, 5.41) is 41.9. The van der Waals surface area contributed by atoms with Gasteiger partial charge in [0.05, 0.1) is 65.3 Å². The number of carbonyl (C=O) groups excluding carboxylic acids is 9. The molecule has 644 valence electrons. The lowest BCUT2D eigenvalue weighted by Crippen LogP contribution is -2.83. The van der Waals surface area contributed by atoms with Crippen molar-refractivity contribution < 1.29 is 110 Å². The molecule has 8 aliphatic rings. The topological polar surface area (TPSA) is 316 Å². The van der Waals surface area contributed by atoms with E-state index < -0.39 is 197 Å². The van der Waals surface area contributed by atoms with Crippen LogP contribution < -0.4 is 20.7 Å². The molecule has 25 heteroatoms. The van der Waals surface area contributed by atoms with Crippen molar-refractivity contribution in [3.05, 3.63) is 215 Å². The van der Waals surface area contributed by atoms with Crippen molar-refractivity contribution in [3.63, 3.8) is 0 Å². The summed E-state index contributed by atoms with van der Waals surface area (Å²) >= 11 is 0. The summed E-state index contributed by atoms with van der Waals surface area (Å²) in [5.74, 6) is -9.12. The third-order valence-electron chi connectivity index (χ3n) is 28.1. The summed E-state index contributed by atoms with van der Waals surface area (Å²) in [7, 11) is -7.05. The van der Waals surface area contributed by atoms with Gasteiger partial charge in [0, 0.05) is 71.1 Å². The zero-order chi connectivity index (χ0) is 88.1. The Labute approximate surface area is 709 Å². The zero-order valence-corrected chi connectivity index (χ0v) is 74.5. The van der Waals surface area contributed by atoms with Crippen molar-refractivity contribution in [3.8, 4) is 0 Å². The van der Waals surface area contributed by atoms with Crippen LogP contribution >= 0.6 is 0 Å². The van der Waals surface area contributed by atoms with E-state index in [0.29, 0.717) is 11.1 Å². The van der Waals surface area contributed by atoms with Gasteiger partial charge in [-0.2, -0.15) is 0 Å². The van der Waals surface area contributed by atoms with E-state index in [2.05, 4.69) is 41.5 Å². The number of hydrogen-bond donors (Lipinski definition) is 3. The molecule has 0 amide bonds. The molecule has 14 rings (SSSR count). The van der Waals surface area contributed by atoms with Gasteiger partial charge < -0.3 is 66.8 Å². The van der Waals surface area contributed by atoms with Crippen LogP contribution in [-0.4, -0.2) is 182 Å². The minimum atomic E-state index is -3.54. The molecule has 18 atom stereocenters. The van der Waals surface area contributed by atoms with Crippen LogP contribution in [-0.2, 0) is 85.0 Å². The fourth-order valence-electron chi connectivity index (χ4n) is 22.2. The van der Waals surface area contributed by atoms with E-state index in [9.17, 15) is 48.9 Å². The third-order valence-corrected chi connectivity index (χ3v) is 38.2. The zero-order valence-electron chi connectivity index (χ0n) is 72.5. The van der Waals surface area contributed by atoms with Gasteiger partial charge in [0.15, 0.2) is 35.0 Å². The van der Waals surface area contributed by atoms with Gasteiger partial charge in [-0.3, -0.25) is 33.6 Å². The quantitative estimate of drug-likeness (QED) is 0.0331. The highest BCUT2D eigenvalue weighted by atomic mass is 28.4. The molecule has 3 N–H and O–H groups in total. The van der Waals surface area contributed by atoms with Crippen LogP contribution in [0.3, 0.4) is 0 Å². The number of rotatable bonds is 17. The molecule has 4 bridgehead atoms. The summed E-state index contributed by atoms with van der Waals surface area (Å²) < 4.78 is 72.6.